The Balaban J connectivity index is 1.40. The lowest BCUT2D eigenvalue weighted by Crippen LogP contribution is -2.65. The molecule has 2 bridgehead atoms. The third kappa shape index (κ3) is 3.65. The Kier molecular flexibility index (Phi) is 5.32. The summed E-state index contributed by atoms with van der Waals surface area (Å²) < 4.78 is 17.8. The van der Waals surface area contributed by atoms with Gasteiger partial charge in [-0.3, -0.25) is 9.59 Å². The van der Waals surface area contributed by atoms with Crippen LogP contribution >= 0.6 is 0 Å². The molecule has 4 aliphatic heterocycles. The van der Waals surface area contributed by atoms with Crippen LogP contribution in [0.5, 0.6) is 5.88 Å². The molecule has 0 aromatic carbocycles. The van der Waals surface area contributed by atoms with Gasteiger partial charge in [-0.05, 0) is 44.1 Å². The number of aromatic nitrogens is 2. The van der Waals surface area contributed by atoms with Gasteiger partial charge in [0.1, 0.15) is 6.61 Å². The maximum absolute atomic E-state index is 13.0. The van der Waals surface area contributed by atoms with Gasteiger partial charge in [-0.2, -0.15) is 5.10 Å². The highest BCUT2D eigenvalue weighted by Gasteiger charge is 2.52. The minimum Gasteiger partial charge on any atom is -0.476 e. The molecular weight excluding hydrogens is 388 g/mol. The van der Waals surface area contributed by atoms with Gasteiger partial charge in [-0.15, -0.1) is 5.10 Å². The Morgan fingerprint density at radius 1 is 1.20 bits per heavy atom. The normalized spacial score (nSPS) is 34.7. The van der Waals surface area contributed by atoms with Gasteiger partial charge in [0.15, 0.2) is 0 Å². The van der Waals surface area contributed by atoms with Gasteiger partial charge in [-0.1, -0.05) is 0 Å². The van der Waals surface area contributed by atoms with Crippen molar-refractivity contribution in [2.24, 2.45) is 0 Å². The summed E-state index contributed by atoms with van der Waals surface area (Å²) in [5.41, 5.74) is 0.506. The van der Waals surface area contributed by atoms with E-state index in [1.165, 1.54) is 0 Å². The molecule has 2 amide bonds. The topological polar surface area (TPSA) is 103 Å². The summed E-state index contributed by atoms with van der Waals surface area (Å²) in [6, 6.07) is 1.75. The van der Waals surface area contributed by atoms with E-state index in [1.54, 1.807) is 6.20 Å². The molecule has 1 aromatic heterocycles. The number of morpholine rings is 1. The van der Waals surface area contributed by atoms with Crippen molar-refractivity contribution in [3.8, 4) is 5.88 Å². The lowest BCUT2D eigenvalue weighted by molar-refractivity contribution is -0.143. The quantitative estimate of drug-likeness (QED) is 0.667. The van der Waals surface area contributed by atoms with E-state index in [1.807, 2.05) is 11.0 Å². The zero-order valence-corrected chi connectivity index (χ0v) is 17.0. The average molecular weight is 416 g/mol. The first-order chi connectivity index (χ1) is 14.6. The van der Waals surface area contributed by atoms with Crippen molar-refractivity contribution >= 4 is 11.8 Å². The summed E-state index contributed by atoms with van der Waals surface area (Å²) in [4.78, 5) is 27.0. The van der Waals surface area contributed by atoms with Gasteiger partial charge >= 0.3 is 0 Å². The molecule has 2 saturated heterocycles. The molecular formula is C21H28N4O5. The Morgan fingerprint density at radius 2 is 2.07 bits per heavy atom. The molecule has 5 aliphatic rings. The van der Waals surface area contributed by atoms with E-state index in [9.17, 15) is 9.59 Å². The van der Waals surface area contributed by atoms with E-state index in [0.717, 1.165) is 31.2 Å². The Hall–Kier alpha value is -2.26. The summed E-state index contributed by atoms with van der Waals surface area (Å²) in [5.74, 6) is 0.769. The summed E-state index contributed by atoms with van der Waals surface area (Å²) in [6.45, 7) is 1.71. The molecule has 1 N–H and O–H groups in total. The number of rotatable bonds is 0. The molecule has 162 valence electrons. The van der Waals surface area contributed by atoms with Crippen LogP contribution in [0.4, 0.5) is 0 Å². The number of hydrogen-bond acceptors (Lipinski definition) is 7. The number of nitrogens with zero attached hydrogens (tertiary/aromatic N) is 3. The summed E-state index contributed by atoms with van der Waals surface area (Å²) >= 11 is 0. The fraction of sp³-hybridized carbons (Fsp3) is 0.714. The van der Waals surface area contributed by atoms with Crippen molar-refractivity contribution in [2.45, 2.75) is 62.1 Å². The Labute approximate surface area is 175 Å². The van der Waals surface area contributed by atoms with Gasteiger partial charge in [-0.25, -0.2) is 0 Å². The molecule has 30 heavy (non-hydrogen) atoms. The van der Waals surface area contributed by atoms with Crippen LogP contribution in [-0.4, -0.2) is 77.6 Å². The fourth-order valence-corrected chi connectivity index (χ4v) is 5.38. The van der Waals surface area contributed by atoms with Crippen LogP contribution in [0.2, 0.25) is 0 Å². The van der Waals surface area contributed by atoms with Crippen LogP contribution in [0.3, 0.4) is 0 Å². The van der Waals surface area contributed by atoms with Gasteiger partial charge < -0.3 is 24.4 Å². The highest BCUT2D eigenvalue weighted by molar-refractivity contribution is 5.80. The van der Waals surface area contributed by atoms with Crippen molar-refractivity contribution < 1.29 is 23.8 Å². The number of fused-ring (bicyclic) bond motifs is 6. The van der Waals surface area contributed by atoms with E-state index in [-0.39, 0.29) is 43.6 Å². The predicted molar refractivity (Wildman–Crippen MR) is 105 cm³/mol. The van der Waals surface area contributed by atoms with Crippen LogP contribution in [0.15, 0.2) is 12.3 Å². The number of nitrogens with one attached hydrogen (secondary N) is 1. The first-order valence-corrected chi connectivity index (χ1v) is 10.9. The molecule has 9 heteroatoms. The number of ether oxygens (including phenoxy) is 3. The number of hydrogen-bond donors (Lipinski definition) is 1. The standard InChI is InChI=1S/C21H28N4O5/c26-18-12-28-13-21(23-18)7-9-25-17(21)11-30-15-3-1-14(2-4-15)16-5-8-22-24-20(16)29-10-6-19(25)27/h5,8,14-15,17H,1-4,6-7,9-13H2,(H,23,26)/t14-,15+,17-,21+/m0/s1. The molecule has 1 spiro atoms. The minimum absolute atomic E-state index is 0.00652. The maximum atomic E-state index is 13.0. The van der Waals surface area contributed by atoms with Crippen molar-refractivity contribution in [2.75, 3.05) is 33.0 Å². The highest BCUT2D eigenvalue weighted by Crippen LogP contribution is 2.38. The van der Waals surface area contributed by atoms with Gasteiger partial charge in [0.05, 0.1) is 50.1 Å². The number of carbonyl (C=O) groups is 2. The SMILES string of the molecule is O=C1COC[C@@]2(CCN3C(=O)CCOc4nnccc4[C@H]4CC[C@H](CC4)OC[C@H]32)N1. The first kappa shape index (κ1) is 19.7. The van der Waals surface area contributed by atoms with Crippen LogP contribution in [0.25, 0.3) is 0 Å². The van der Waals surface area contributed by atoms with E-state index in [0.29, 0.717) is 38.0 Å². The maximum Gasteiger partial charge on any atom is 0.246 e. The fourth-order valence-electron chi connectivity index (χ4n) is 5.38. The van der Waals surface area contributed by atoms with E-state index in [4.69, 9.17) is 14.2 Å². The van der Waals surface area contributed by atoms with Crippen LogP contribution in [0.1, 0.15) is 50.0 Å². The molecule has 0 unspecified atom stereocenters. The molecule has 1 aromatic rings. The first-order valence-electron chi connectivity index (χ1n) is 10.9. The largest absolute Gasteiger partial charge is 0.476 e. The second-order valence-corrected chi connectivity index (χ2v) is 8.75. The van der Waals surface area contributed by atoms with E-state index < -0.39 is 5.54 Å². The second-order valence-electron chi connectivity index (χ2n) is 8.75. The number of amides is 2. The molecule has 1 saturated carbocycles. The van der Waals surface area contributed by atoms with Gasteiger partial charge in [0.25, 0.3) is 0 Å². The highest BCUT2D eigenvalue weighted by atomic mass is 16.5. The zero-order valence-electron chi connectivity index (χ0n) is 17.0. The van der Waals surface area contributed by atoms with E-state index in [2.05, 4.69) is 15.5 Å². The molecule has 6 rings (SSSR count). The third-order valence-electron chi connectivity index (χ3n) is 6.99. The zero-order chi connectivity index (χ0) is 20.6. The van der Waals surface area contributed by atoms with Crippen molar-refractivity contribution in [1.82, 2.24) is 20.4 Å². The molecule has 9 nitrogen and oxygen atoms in total. The van der Waals surface area contributed by atoms with Crippen molar-refractivity contribution in [3.05, 3.63) is 17.8 Å². The molecule has 0 radical (unpaired) electrons. The van der Waals surface area contributed by atoms with E-state index >= 15 is 0 Å². The Morgan fingerprint density at radius 3 is 2.90 bits per heavy atom. The van der Waals surface area contributed by atoms with Crippen LogP contribution in [-0.2, 0) is 19.1 Å². The van der Waals surface area contributed by atoms with Gasteiger partial charge in [0, 0.05) is 12.1 Å². The summed E-state index contributed by atoms with van der Waals surface area (Å²) in [7, 11) is 0. The molecule has 2 atom stereocenters. The lowest BCUT2D eigenvalue weighted by Gasteiger charge is -2.41. The summed E-state index contributed by atoms with van der Waals surface area (Å²) in [6.07, 6.45) is 6.67. The summed E-state index contributed by atoms with van der Waals surface area (Å²) in [5, 5.41) is 11.3. The minimum atomic E-state index is -0.571. The van der Waals surface area contributed by atoms with Gasteiger partial charge in [0.2, 0.25) is 17.7 Å². The van der Waals surface area contributed by atoms with Crippen LogP contribution in [0, 0.1) is 0 Å². The predicted octanol–water partition coefficient (Wildman–Crippen LogP) is 0.788. The average Bonchev–Trinajstić information content (AvgIpc) is 3.09. The molecule has 3 fully saturated rings. The Bertz CT molecular complexity index is 812. The third-order valence-corrected chi connectivity index (χ3v) is 6.99. The van der Waals surface area contributed by atoms with Crippen molar-refractivity contribution in [1.29, 1.82) is 0 Å². The number of carbonyl (C=O) groups excluding carboxylic acids is 2. The van der Waals surface area contributed by atoms with Crippen molar-refractivity contribution in [3.63, 3.8) is 0 Å². The molecule has 1 aliphatic carbocycles. The lowest BCUT2D eigenvalue weighted by atomic mass is 9.83. The second kappa shape index (κ2) is 8.11. The monoisotopic (exact) mass is 416 g/mol. The smallest absolute Gasteiger partial charge is 0.246 e. The molecule has 5 heterocycles. The van der Waals surface area contributed by atoms with Crippen LogP contribution < -0.4 is 10.1 Å².